The highest BCUT2D eigenvalue weighted by atomic mass is 16.2. The van der Waals surface area contributed by atoms with Crippen molar-refractivity contribution in [2.75, 3.05) is 5.32 Å². The first-order valence-electron chi connectivity index (χ1n) is 10.8. The van der Waals surface area contributed by atoms with Crippen LogP contribution in [0, 0.1) is 12.3 Å². The molecule has 160 valence electrons. The number of nitrogens with one attached hydrogen (secondary N) is 1. The molecule has 0 spiro atoms. The number of carbonyl (C=O) groups excluding carboxylic acids is 1. The van der Waals surface area contributed by atoms with E-state index < -0.39 is 0 Å². The van der Waals surface area contributed by atoms with E-state index in [2.05, 4.69) is 48.9 Å². The lowest BCUT2D eigenvalue weighted by atomic mass is 10.0. The Balaban J connectivity index is 1.90. The van der Waals surface area contributed by atoms with E-state index >= 15 is 0 Å². The molecule has 0 fully saturated rings. The lowest BCUT2D eigenvalue weighted by Crippen LogP contribution is -2.45. The van der Waals surface area contributed by atoms with Gasteiger partial charge in [-0.05, 0) is 62.6 Å². The number of hydrogen-bond acceptors (Lipinski definition) is 4. The fourth-order valence-electron chi connectivity index (χ4n) is 3.72. The minimum absolute atomic E-state index is 0.149. The number of anilines is 2. The molecule has 2 unspecified atom stereocenters. The summed E-state index contributed by atoms with van der Waals surface area (Å²) < 4.78 is 0. The van der Waals surface area contributed by atoms with Crippen molar-refractivity contribution in [2.24, 2.45) is 0 Å². The Labute approximate surface area is 184 Å². The molecule has 0 aliphatic heterocycles. The van der Waals surface area contributed by atoms with Gasteiger partial charge in [0.25, 0.3) is 0 Å². The summed E-state index contributed by atoms with van der Waals surface area (Å²) in [5.41, 5.74) is 3.42. The normalized spacial score (nSPS) is 12.7. The number of amides is 1. The van der Waals surface area contributed by atoms with Crippen LogP contribution in [-0.4, -0.2) is 32.9 Å². The molecule has 2 aromatic carbocycles. The van der Waals surface area contributed by atoms with E-state index in [4.69, 9.17) is 6.42 Å². The number of fused-ring (bicyclic) bond motifs is 1. The molecule has 1 heterocycles. The molecule has 1 N–H and O–H groups in total. The zero-order valence-corrected chi connectivity index (χ0v) is 18.7. The van der Waals surface area contributed by atoms with E-state index in [0.29, 0.717) is 12.2 Å². The summed E-state index contributed by atoms with van der Waals surface area (Å²) >= 11 is 0. The minimum atomic E-state index is 0.149. The quantitative estimate of drug-likeness (QED) is 0.507. The lowest BCUT2D eigenvalue weighted by molar-refractivity contribution is -0.134. The molecule has 2 atom stereocenters. The van der Waals surface area contributed by atoms with E-state index in [1.54, 1.807) is 0 Å². The highest BCUT2D eigenvalue weighted by Gasteiger charge is 2.23. The van der Waals surface area contributed by atoms with E-state index in [1.807, 2.05) is 47.4 Å². The van der Waals surface area contributed by atoms with Crippen LogP contribution in [0.5, 0.6) is 0 Å². The third-order valence-electron chi connectivity index (χ3n) is 5.77. The van der Waals surface area contributed by atoms with Gasteiger partial charge in [0.05, 0.1) is 11.9 Å². The Kier molecular flexibility index (Phi) is 7.25. The summed E-state index contributed by atoms with van der Waals surface area (Å²) in [5, 5.41) is 4.21. The van der Waals surface area contributed by atoms with Crippen molar-refractivity contribution in [1.82, 2.24) is 14.9 Å². The summed E-state index contributed by atoms with van der Waals surface area (Å²) in [6.45, 7) is 8.47. The van der Waals surface area contributed by atoms with E-state index in [9.17, 15) is 4.79 Å². The Hall–Kier alpha value is -3.39. The standard InChI is InChI=1S/C26H30N4O/c1-6-18(4)30(19(5)7-2)25(31)16-21-12-13-24-23(15-21)26(28-17-27-24)29-22-11-9-10-20(8-3)14-22/h3,9-15,17-19H,6-7,16H2,1-2,4-5H3,(H,27,28,29). The Morgan fingerprint density at radius 2 is 1.84 bits per heavy atom. The molecular formula is C26H30N4O. The zero-order chi connectivity index (χ0) is 22.4. The molecule has 0 radical (unpaired) electrons. The van der Waals surface area contributed by atoms with Crippen LogP contribution in [0.4, 0.5) is 11.5 Å². The van der Waals surface area contributed by atoms with E-state index in [1.165, 1.54) is 6.33 Å². The summed E-state index contributed by atoms with van der Waals surface area (Å²) in [6.07, 6.45) is 9.28. The highest BCUT2D eigenvalue weighted by molar-refractivity contribution is 5.92. The number of rotatable bonds is 8. The van der Waals surface area contributed by atoms with Crippen molar-refractivity contribution in [3.63, 3.8) is 0 Å². The van der Waals surface area contributed by atoms with Crippen LogP contribution in [0.1, 0.15) is 51.7 Å². The second-order valence-corrected chi connectivity index (χ2v) is 7.92. The molecule has 0 saturated carbocycles. The maximum absolute atomic E-state index is 13.2. The molecule has 0 aliphatic rings. The molecule has 3 aromatic rings. The second kappa shape index (κ2) is 10.1. The Bertz CT molecular complexity index is 1090. The highest BCUT2D eigenvalue weighted by Crippen LogP contribution is 2.25. The van der Waals surface area contributed by atoms with Crippen molar-refractivity contribution < 1.29 is 4.79 Å². The third kappa shape index (κ3) is 5.21. The van der Waals surface area contributed by atoms with Crippen LogP contribution in [0.3, 0.4) is 0 Å². The summed E-state index contributed by atoms with van der Waals surface area (Å²) in [5.74, 6) is 3.48. The van der Waals surface area contributed by atoms with Gasteiger partial charge < -0.3 is 10.2 Å². The summed E-state index contributed by atoms with van der Waals surface area (Å²) in [6, 6.07) is 14.0. The summed E-state index contributed by atoms with van der Waals surface area (Å²) in [4.78, 5) is 24.0. The van der Waals surface area contributed by atoms with Crippen LogP contribution in [-0.2, 0) is 11.2 Å². The molecule has 5 nitrogen and oxygen atoms in total. The average Bonchev–Trinajstić information content (AvgIpc) is 2.79. The van der Waals surface area contributed by atoms with Gasteiger partial charge in [0, 0.05) is 28.7 Å². The van der Waals surface area contributed by atoms with Gasteiger partial charge in [-0.15, -0.1) is 6.42 Å². The number of carbonyl (C=O) groups is 1. The van der Waals surface area contributed by atoms with Crippen molar-refractivity contribution >= 4 is 28.3 Å². The van der Waals surface area contributed by atoms with Gasteiger partial charge in [-0.3, -0.25) is 4.79 Å². The van der Waals surface area contributed by atoms with Gasteiger partial charge >= 0.3 is 0 Å². The molecule has 31 heavy (non-hydrogen) atoms. The fraction of sp³-hybridized carbons (Fsp3) is 0.346. The predicted octanol–water partition coefficient (Wildman–Crippen LogP) is 5.32. The molecule has 0 saturated heterocycles. The molecule has 0 bridgehead atoms. The smallest absolute Gasteiger partial charge is 0.227 e. The van der Waals surface area contributed by atoms with Crippen LogP contribution in [0.15, 0.2) is 48.8 Å². The van der Waals surface area contributed by atoms with Gasteiger partial charge in [-0.2, -0.15) is 0 Å². The maximum Gasteiger partial charge on any atom is 0.227 e. The van der Waals surface area contributed by atoms with E-state index in [0.717, 1.165) is 40.6 Å². The number of terminal acetylenes is 1. The average molecular weight is 415 g/mol. The van der Waals surface area contributed by atoms with Crippen LogP contribution in [0.2, 0.25) is 0 Å². The first-order chi connectivity index (χ1) is 15.0. The molecule has 1 amide bonds. The van der Waals surface area contributed by atoms with Crippen molar-refractivity contribution in [1.29, 1.82) is 0 Å². The van der Waals surface area contributed by atoms with E-state index in [-0.39, 0.29) is 18.0 Å². The van der Waals surface area contributed by atoms with Gasteiger partial charge in [0.1, 0.15) is 12.1 Å². The van der Waals surface area contributed by atoms with Gasteiger partial charge in [-0.1, -0.05) is 31.9 Å². The molecule has 5 heteroatoms. The molecular weight excluding hydrogens is 384 g/mol. The Morgan fingerprint density at radius 1 is 1.10 bits per heavy atom. The number of hydrogen-bond donors (Lipinski definition) is 1. The summed E-state index contributed by atoms with van der Waals surface area (Å²) in [7, 11) is 0. The number of aromatic nitrogens is 2. The first-order valence-corrected chi connectivity index (χ1v) is 10.8. The van der Waals surface area contributed by atoms with Gasteiger partial charge in [-0.25, -0.2) is 9.97 Å². The van der Waals surface area contributed by atoms with Crippen LogP contribution in [0.25, 0.3) is 10.9 Å². The van der Waals surface area contributed by atoms with Crippen molar-refractivity contribution in [3.05, 3.63) is 59.9 Å². The molecule has 3 rings (SSSR count). The van der Waals surface area contributed by atoms with Crippen molar-refractivity contribution in [3.8, 4) is 12.3 Å². The SMILES string of the molecule is C#Cc1cccc(Nc2ncnc3ccc(CC(=O)N(C(C)CC)C(C)CC)cc23)c1. The van der Waals surface area contributed by atoms with Crippen LogP contribution < -0.4 is 5.32 Å². The van der Waals surface area contributed by atoms with Gasteiger partial charge in [0.15, 0.2) is 0 Å². The van der Waals surface area contributed by atoms with Gasteiger partial charge in [0.2, 0.25) is 5.91 Å². The number of nitrogens with zero attached hydrogens (tertiary/aromatic N) is 3. The second-order valence-electron chi connectivity index (χ2n) is 7.92. The lowest BCUT2D eigenvalue weighted by Gasteiger charge is -2.34. The maximum atomic E-state index is 13.2. The molecule has 1 aromatic heterocycles. The minimum Gasteiger partial charge on any atom is -0.340 e. The fourth-order valence-corrected chi connectivity index (χ4v) is 3.72. The number of benzene rings is 2. The van der Waals surface area contributed by atoms with Crippen molar-refractivity contribution in [2.45, 2.75) is 59.0 Å². The molecule has 0 aliphatic carbocycles. The third-order valence-corrected chi connectivity index (χ3v) is 5.77. The monoisotopic (exact) mass is 414 g/mol. The predicted molar refractivity (Wildman–Crippen MR) is 127 cm³/mol. The largest absolute Gasteiger partial charge is 0.340 e. The zero-order valence-electron chi connectivity index (χ0n) is 18.7. The first kappa shape index (κ1) is 22.3. The Morgan fingerprint density at radius 3 is 2.52 bits per heavy atom. The van der Waals surface area contributed by atoms with Crippen LogP contribution >= 0.6 is 0 Å². The topological polar surface area (TPSA) is 58.1 Å².